The molecule has 0 saturated carbocycles. The molecule has 1 aromatic carbocycles. The van der Waals surface area contributed by atoms with Gasteiger partial charge in [-0.2, -0.15) is 0 Å². The lowest BCUT2D eigenvalue weighted by molar-refractivity contribution is -0.135. The molecule has 5 rings (SSSR count). The Balaban J connectivity index is 1.21. The Hall–Kier alpha value is -2.93. The van der Waals surface area contributed by atoms with Gasteiger partial charge in [-0.05, 0) is 55.0 Å². The number of aromatic nitrogens is 1. The van der Waals surface area contributed by atoms with Gasteiger partial charge >= 0.3 is 6.03 Å². The molecular formula is C25H31N5O2. The number of carbonyl (C=O) groups excluding carboxylic acids is 2. The van der Waals surface area contributed by atoms with E-state index in [1.165, 1.54) is 29.0 Å². The van der Waals surface area contributed by atoms with Crippen molar-refractivity contribution in [3.8, 4) is 0 Å². The zero-order valence-corrected chi connectivity index (χ0v) is 18.7. The third-order valence-corrected chi connectivity index (χ3v) is 7.36. The number of pyridine rings is 1. The molecule has 0 N–H and O–H groups in total. The second-order valence-corrected chi connectivity index (χ2v) is 9.26. The Morgan fingerprint density at radius 2 is 1.62 bits per heavy atom. The summed E-state index contributed by atoms with van der Waals surface area (Å²) in [7, 11) is 1.77. The summed E-state index contributed by atoms with van der Waals surface area (Å²) >= 11 is 0. The number of hydrogen-bond donors (Lipinski definition) is 0. The zero-order chi connectivity index (χ0) is 22.1. The number of likely N-dealkylation sites (N-methyl/N-ethyl adjacent to an activating group) is 1. The molecule has 2 aromatic rings. The molecular weight excluding hydrogens is 402 g/mol. The van der Waals surface area contributed by atoms with Crippen LogP contribution in [0, 0.1) is 0 Å². The van der Waals surface area contributed by atoms with Crippen LogP contribution in [0.2, 0.25) is 0 Å². The predicted octanol–water partition coefficient (Wildman–Crippen LogP) is 3.11. The van der Waals surface area contributed by atoms with Gasteiger partial charge in [-0.25, -0.2) is 4.79 Å². The van der Waals surface area contributed by atoms with Crippen LogP contribution in [0.1, 0.15) is 36.8 Å². The van der Waals surface area contributed by atoms with Gasteiger partial charge in [0.1, 0.15) is 5.54 Å². The number of urea groups is 1. The molecule has 0 aliphatic carbocycles. The van der Waals surface area contributed by atoms with Gasteiger partial charge in [0.15, 0.2) is 0 Å². The fourth-order valence-corrected chi connectivity index (χ4v) is 5.34. The summed E-state index contributed by atoms with van der Waals surface area (Å²) in [5.41, 5.74) is 2.77. The first-order chi connectivity index (χ1) is 15.6. The van der Waals surface area contributed by atoms with Gasteiger partial charge in [0.25, 0.3) is 5.91 Å². The van der Waals surface area contributed by atoms with E-state index in [1.54, 1.807) is 24.3 Å². The monoisotopic (exact) mass is 433 g/mol. The van der Waals surface area contributed by atoms with E-state index in [4.69, 9.17) is 0 Å². The number of nitrogens with zero attached hydrogens (tertiary/aromatic N) is 5. The van der Waals surface area contributed by atoms with Crippen molar-refractivity contribution in [2.45, 2.75) is 44.3 Å². The molecule has 3 fully saturated rings. The van der Waals surface area contributed by atoms with E-state index in [2.05, 4.69) is 39.0 Å². The van der Waals surface area contributed by atoms with Crippen LogP contribution in [0.4, 0.5) is 10.5 Å². The smallest absolute Gasteiger partial charge is 0.327 e. The van der Waals surface area contributed by atoms with Crippen LogP contribution in [0.5, 0.6) is 0 Å². The van der Waals surface area contributed by atoms with Crippen molar-refractivity contribution in [3.05, 3.63) is 59.9 Å². The van der Waals surface area contributed by atoms with E-state index in [0.717, 1.165) is 38.3 Å². The number of rotatable bonds is 5. The summed E-state index contributed by atoms with van der Waals surface area (Å²) in [6.45, 7) is 5.08. The van der Waals surface area contributed by atoms with E-state index in [-0.39, 0.29) is 18.5 Å². The maximum Gasteiger partial charge on any atom is 0.327 e. The molecule has 0 atom stereocenters. The molecule has 3 aliphatic rings. The average molecular weight is 434 g/mol. The van der Waals surface area contributed by atoms with E-state index >= 15 is 0 Å². The van der Waals surface area contributed by atoms with Crippen LogP contribution in [0.15, 0.2) is 48.8 Å². The minimum Gasteiger partial charge on any atom is -0.372 e. The van der Waals surface area contributed by atoms with Crippen LogP contribution in [-0.2, 0) is 17.9 Å². The van der Waals surface area contributed by atoms with E-state index in [9.17, 15) is 9.59 Å². The number of likely N-dealkylation sites (tertiary alicyclic amines) is 1. The first-order valence-electron chi connectivity index (χ1n) is 11.6. The Morgan fingerprint density at radius 1 is 0.906 bits per heavy atom. The highest BCUT2D eigenvalue weighted by molar-refractivity contribution is 6.06. The molecule has 32 heavy (non-hydrogen) atoms. The first-order valence-corrected chi connectivity index (χ1v) is 11.6. The molecule has 0 bridgehead atoms. The number of carbonyl (C=O) groups is 2. The highest BCUT2D eigenvalue weighted by Crippen LogP contribution is 2.37. The lowest BCUT2D eigenvalue weighted by Gasteiger charge is -2.40. The maximum absolute atomic E-state index is 13.4. The van der Waals surface area contributed by atoms with E-state index in [0.29, 0.717) is 12.8 Å². The molecule has 0 unspecified atom stereocenters. The van der Waals surface area contributed by atoms with Gasteiger partial charge in [0.2, 0.25) is 0 Å². The van der Waals surface area contributed by atoms with Crippen LogP contribution in [0.25, 0.3) is 0 Å². The van der Waals surface area contributed by atoms with Gasteiger partial charge in [0, 0.05) is 57.9 Å². The number of piperidine rings is 1. The molecule has 1 aromatic heterocycles. The van der Waals surface area contributed by atoms with Crippen LogP contribution >= 0.6 is 0 Å². The number of hydrogen-bond acceptors (Lipinski definition) is 5. The number of benzene rings is 1. The lowest BCUT2D eigenvalue weighted by atomic mass is 9.86. The summed E-state index contributed by atoms with van der Waals surface area (Å²) in [4.78, 5) is 38.3. The first kappa shape index (κ1) is 20.9. The minimum absolute atomic E-state index is 0.0662. The van der Waals surface area contributed by atoms with Crippen molar-refractivity contribution in [1.29, 1.82) is 0 Å². The summed E-state index contributed by atoms with van der Waals surface area (Å²) in [5.74, 6) is -0.0662. The van der Waals surface area contributed by atoms with Crippen LogP contribution in [0.3, 0.4) is 0 Å². The Labute approximate surface area is 189 Å². The van der Waals surface area contributed by atoms with Crippen molar-refractivity contribution in [2.24, 2.45) is 0 Å². The fourth-order valence-electron chi connectivity index (χ4n) is 5.34. The molecule has 1 spiro atoms. The van der Waals surface area contributed by atoms with Crippen molar-refractivity contribution in [1.82, 2.24) is 19.7 Å². The molecule has 7 nitrogen and oxygen atoms in total. The second kappa shape index (κ2) is 8.54. The normalized spacial score (nSPS) is 21.2. The quantitative estimate of drug-likeness (QED) is 0.678. The van der Waals surface area contributed by atoms with Crippen LogP contribution in [-0.4, -0.2) is 70.4 Å². The molecule has 3 aliphatic heterocycles. The predicted molar refractivity (Wildman–Crippen MR) is 123 cm³/mol. The maximum atomic E-state index is 13.4. The number of anilines is 1. The van der Waals surface area contributed by atoms with Gasteiger partial charge in [-0.3, -0.25) is 19.6 Å². The summed E-state index contributed by atoms with van der Waals surface area (Å²) in [6.07, 6.45) is 7.32. The van der Waals surface area contributed by atoms with Crippen molar-refractivity contribution < 1.29 is 9.59 Å². The Bertz CT molecular complexity index is 964. The van der Waals surface area contributed by atoms with Crippen molar-refractivity contribution in [2.75, 3.05) is 38.1 Å². The fraction of sp³-hybridized carbons (Fsp3) is 0.480. The van der Waals surface area contributed by atoms with Gasteiger partial charge in [-0.1, -0.05) is 18.2 Å². The second-order valence-electron chi connectivity index (χ2n) is 9.26. The largest absolute Gasteiger partial charge is 0.372 e. The lowest BCUT2D eigenvalue weighted by Crippen LogP contribution is -2.55. The zero-order valence-electron chi connectivity index (χ0n) is 18.7. The molecule has 7 heteroatoms. The third kappa shape index (κ3) is 3.75. The highest BCUT2D eigenvalue weighted by Gasteiger charge is 2.56. The van der Waals surface area contributed by atoms with E-state index in [1.807, 2.05) is 12.1 Å². The van der Waals surface area contributed by atoms with Gasteiger partial charge in [0.05, 0.1) is 6.54 Å². The van der Waals surface area contributed by atoms with E-state index < -0.39 is 5.54 Å². The summed E-state index contributed by atoms with van der Waals surface area (Å²) in [5, 5.41) is 0. The third-order valence-electron chi connectivity index (χ3n) is 7.36. The molecule has 3 amide bonds. The topological polar surface area (TPSA) is 60.0 Å². The van der Waals surface area contributed by atoms with Gasteiger partial charge in [-0.15, -0.1) is 0 Å². The average Bonchev–Trinajstić information content (AvgIpc) is 3.42. The molecule has 0 radical (unpaired) electrons. The van der Waals surface area contributed by atoms with Crippen LogP contribution < -0.4 is 4.90 Å². The highest BCUT2D eigenvalue weighted by atomic mass is 16.2. The standard InChI is InChI=1S/C25H31N5O2/c1-27-24(32)30(19-21-5-4-12-26-17-21)23(31)25(27)10-15-28(16-11-25)18-20-6-8-22(9-7-20)29-13-2-3-14-29/h4-9,12,17H,2-3,10-11,13-16,18-19H2,1H3. The molecule has 4 heterocycles. The number of amides is 3. The summed E-state index contributed by atoms with van der Waals surface area (Å²) in [6, 6.07) is 12.4. The molecule has 3 saturated heterocycles. The van der Waals surface area contributed by atoms with Crippen molar-refractivity contribution in [3.63, 3.8) is 0 Å². The summed E-state index contributed by atoms with van der Waals surface area (Å²) < 4.78 is 0. The Kier molecular flexibility index (Phi) is 5.59. The minimum atomic E-state index is -0.713. The SMILES string of the molecule is CN1C(=O)N(Cc2cccnc2)C(=O)C12CCN(Cc1ccc(N3CCCC3)cc1)CC2. The van der Waals surface area contributed by atoms with Gasteiger partial charge < -0.3 is 9.80 Å². The number of imide groups is 1. The van der Waals surface area contributed by atoms with Crippen molar-refractivity contribution >= 4 is 17.6 Å². The Morgan fingerprint density at radius 3 is 2.28 bits per heavy atom. The molecule has 168 valence electrons.